The molecule has 0 unspecified atom stereocenters. The first-order valence-corrected chi connectivity index (χ1v) is 12.4. The molecule has 0 bridgehead atoms. The molecule has 6 rings (SSSR count). The summed E-state index contributed by atoms with van der Waals surface area (Å²) in [6.45, 7) is 3.62. The lowest BCUT2D eigenvalue weighted by Gasteiger charge is -2.36. The van der Waals surface area contributed by atoms with E-state index in [0.717, 1.165) is 75.1 Å². The number of carbonyl (C=O) groups is 2. The number of rotatable bonds is 5. The molecule has 34 heavy (non-hydrogen) atoms. The molecule has 9 heteroatoms. The van der Waals surface area contributed by atoms with E-state index >= 15 is 0 Å². The van der Waals surface area contributed by atoms with Crippen LogP contribution in [0.5, 0.6) is 0 Å². The largest absolute Gasteiger partial charge is 0.456 e. The molecule has 1 aliphatic carbocycles. The smallest absolute Gasteiger partial charge is 0.336 e. The summed E-state index contributed by atoms with van der Waals surface area (Å²) in [5.74, 6) is 0.826. The molecule has 1 spiro atoms. The zero-order valence-corrected chi connectivity index (χ0v) is 19.5. The van der Waals surface area contributed by atoms with Gasteiger partial charge in [0, 0.05) is 19.0 Å². The lowest BCUT2D eigenvalue weighted by molar-refractivity contribution is -0.138. The summed E-state index contributed by atoms with van der Waals surface area (Å²) < 4.78 is 6.97. The van der Waals surface area contributed by atoms with Gasteiger partial charge in [-0.05, 0) is 86.0 Å². The third kappa shape index (κ3) is 3.53. The van der Waals surface area contributed by atoms with Crippen LogP contribution in [0.3, 0.4) is 0 Å². The van der Waals surface area contributed by atoms with Crippen LogP contribution in [0.4, 0.5) is 0 Å². The lowest BCUT2D eigenvalue weighted by Crippen LogP contribution is -2.42. The Morgan fingerprint density at radius 2 is 2.03 bits per heavy atom. The topological polar surface area (TPSA) is 102 Å². The van der Waals surface area contributed by atoms with Crippen LogP contribution in [-0.4, -0.2) is 62.7 Å². The van der Waals surface area contributed by atoms with Gasteiger partial charge in [-0.3, -0.25) is 4.79 Å². The van der Waals surface area contributed by atoms with Gasteiger partial charge in [-0.15, -0.1) is 5.10 Å². The maximum absolute atomic E-state index is 13.3. The number of amides is 1. The van der Waals surface area contributed by atoms with E-state index in [1.165, 1.54) is 11.1 Å². The van der Waals surface area contributed by atoms with Crippen molar-refractivity contribution in [3.63, 3.8) is 0 Å². The van der Waals surface area contributed by atoms with Crippen molar-refractivity contribution in [1.82, 2.24) is 30.4 Å². The van der Waals surface area contributed by atoms with Gasteiger partial charge >= 0.3 is 5.97 Å². The van der Waals surface area contributed by atoms with Crippen LogP contribution >= 0.6 is 0 Å². The van der Waals surface area contributed by atoms with Crippen LogP contribution in [0.2, 0.25) is 0 Å². The van der Waals surface area contributed by atoms with Crippen LogP contribution in [0, 0.1) is 5.41 Å². The van der Waals surface area contributed by atoms with E-state index in [9.17, 15) is 9.59 Å². The minimum absolute atomic E-state index is 0.193. The molecule has 4 heterocycles. The molecule has 2 aromatic rings. The Bertz CT molecular complexity index is 1180. The fourth-order valence-electron chi connectivity index (χ4n) is 6.08. The molecule has 1 aromatic heterocycles. The number of hydrogen-bond donors (Lipinski definition) is 1. The summed E-state index contributed by atoms with van der Waals surface area (Å²) in [4.78, 5) is 26.9. The molecule has 1 amide bonds. The second kappa shape index (κ2) is 8.30. The van der Waals surface area contributed by atoms with E-state index in [2.05, 4.69) is 39.0 Å². The second-order valence-electron chi connectivity index (χ2n) is 10.1. The molecule has 3 aliphatic heterocycles. The molecule has 1 aromatic carbocycles. The SMILES string of the molecule is CC1=C(N2CCC3(CCC(NCCc4ccc5c(c4)CCc4nnnn4-5)CC3)C2=O)COC1=O. The Labute approximate surface area is 198 Å². The van der Waals surface area contributed by atoms with E-state index < -0.39 is 0 Å². The summed E-state index contributed by atoms with van der Waals surface area (Å²) in [5, 5.41) is 15.7. The zero-order valence-electron chi connectivity index (χ0n) is 19.5. The summed E-state index contributed by atoms with van der Waals surface area (Å²) in [5.41, 5.74) is 4.82. The van der Waals surface area contributed by atoms with E-state index in [-0.39, 0.29) is 23.9 Å². The summed E-state index contributed by atoms with van der Waals surface area (Å²) in [6, 6.07) is 7.04. The van der Waals surface area contributed by atoms with Crippen molar-refractivity contribution in [1.29, 1.82) is 0 Å². The molecule has 178 valence electrons. The van der Waals surface area contributed by atoms with Gasteiger partial charge in [-0.2, -0.15) is 4.68 Å². The quantitative estimate of drug-likeness (QED) is 0.677. The van der Waals surface area contributed by atoms with Crippen molar-refractivity contribution in [3.05, 3.63) is 46.4 Å². The summed E-state index contributed by atoms with van der Waals surface area (Å²) in [6.07, 6.45) is 7.56. The number of fused-ring (bicyclic) bond motifs is 3. The molecule has 1 N–H and O–H groups in total. The molecular weight excluding hydrogens is 432 g/mol. The summed E-state index contributed by atoms with van der Waals surface area (Å²) >= 11 is 0. The monoisotopic (exact) mass is 462 g/mol. The van der Waals surface area contributed by atoms with Gasteiger partial charge in [0.2, 0.25) is 5.91 Å². The van der Waals surface area contributed by atoms with Crippen LogP contribution in [0.25, 0.3) is 5.69 Å². The predicted octanol–water partition coefficient (Wildman–Crippen LogP) is 1.89. The number of cyclic esters (lactones) is 1. The van der Waals surface area contributed by atoms with Crippen LogP contribution in [-0.2, 0) is 33.6 Å². The number of nitrogens with one attached hydrogen (secondary N) is 1. The maximum Gasteiger partial charge on any atom is 0.336 e. The highest BCUT2D eigenvalue weighted by Gasteiger charge is 2.50. The Morgan fingerprint density at radius 3 is 2.82 bits per heavy atom. The second-order valence-corrected chi connectivity index (χ2v) is 10.1. The highest BCUT2D eigenvalue weighted by atomic mass is 16.5. The number of ether oxygens (including phenoxy) is 1. The first kappa shape index (κ1) is 21.5. The van der Waals surface area contributed by atoms with Crippen molar-refractivity contribution in [3.8, 4) is 5.69 Å². The Morgan fingerprint density at radius 1 is 1.18 bits per heavy atom. The highest BCUT2D eigenvalue weighted by Crippen LogP contribution is 2.46. The number of benzene rings is 1. The number of esters is 1. The molecule has 4 aliphatic rings. The molecule has 9 nitrogen and oxygen atoms in total. The van der Waals surface area contributed by atoms with Gasteiger partial charge in [0.1, 0.15) is 6.61 Å². The minimum atomic E-state index is -0.296. The number of nitrogens with zero attached hydrogens (tertiary/aromatic N) is 5. The number of aromatic nitrogens is 4. The van der Waals surface area contributed by atoms with Crippen molar-refractivity contribution in [2.24, 2.45) is 5.41 Å². The van der Waals surface area contributed by atoms with E-state index in [1.54, 1.807) is 6.92 Å². The average molecular weight is 463 g/mol. The lowest BCUT2D eigenvalue weighted by atomic mass is 9.71. The molecule has 1 saturated heterocycles. The standard InChI is InChI=1S/C25H30N6O3/c1-16-21(15-34-23(16)32)30-13-11-25(24(30)33)9-6-19(7-10-25)26-12-8-17-2-4-20-18(14-17)3-5-22-27-28-29-31(20)22/h2,4,14,19,26H,3,5-13,15H2,1H3. The fourth-order valence-corrected chi connectivity index (χ4v) is 6.08. The molecular formula is C25H30N6O3. The van der Waals surface area contributed by atoms with Gasteiger partial charge in [-0.1, -0.05) is 12.1 Å². The fraction of sp³-hybridized carbons (Fsp3) is 0.560. The first-order chi connectivity index (χ1) is 16.5. The van der Waals surface area contributed by atoms with E-state index in [1.807, 2.05) is 9.58 Å². The Kier molecular flexibility index (Phi) is 5.24. The van der Waals surface area contributed by atoms with Crippen molar-refractivity contribution < 1.29 is 14.3 Å². The number of likely N-dealkylation sites (tertiary alicyclic amines) is 1. The average Bonchev–Trinajstić information content (AvgIpc) is 3.55. The third-order valence-electron chi connectivity index (χ3n) is 8.23. The van der Waals surface area contributed by atoms with Crippen LogP contribution < -0.4 is 5.32 Å². The van der Waals surface area contributed by atoms with Crippen molar-refractivity contribution in [2.75, 3.05) is 19.7 Å². The molecule has 1 saturated carbocycles. The third-order valence-corrected chi connectivity index (χ3v) is 8.23. The van der Waals surface area contributed by atoms with Crippen molar-refractivity contribution in [2.45, 2.75) is 64.3 Å². The number of tetrazole rings is 1. The minimum Gasteiger partial charge on any atom is -0.456 e. The number of aryl methyl sites for hydroxylation is 2. The highest BCUT2D eigenvalue weighted by molar-refractivity contribution is 5.94. The maximum atomic E-state index is 13.3. The van der Waals surface area contributed by atoms with Gasteiger partial charge in [-0.25, -0.2) is 4.79 Å². The Hall–Kier alpha value is -3.07. The summed E-state index contributed by atoms with van der Waals surface area (Å²) in [7, 11) is 0. The van der Waals surface area contributed by atoms with E-state index in [0.29, 0.717) is 18.2 Å². The van der Waals surface area contributed by atoms with Gasteiger partial charge in [0.15, 0.2) is 5.82 Å². The zero-order chi connectivity index (χ0) is 23.3. The van der Waals surface area contributed by atoms with Gasteiger partial charge in [0.25, 0.3) is 0 Å². The molecule has 2 fully saturated rings. The van der Waals surface area contributed by atoms with Crippen molar-refractivity contribution >= 4 is 11.9 Å². The van der Waals surface area contributed by atoms with Gasteiger partial charge < -0.3 is 15.0 Å². The van der Waals surface area contributed by atoms with Crippen LogP contribution in [0.15, 0.2) is 29.5 Å². The predicted molar refractivity (Wildman–Crippen MR) is 123 cm³/mol. The first-order valence-electron chi connectivity index (χ1n) is 12.4. The number of carbonyl (C=O) groups excluding carboxylic acids is 2. The normalized spacial score (nSPS) is 26.3. The van der Waals surface area contributed by atoms with E-state index in [4.69, 9.17) is 4.74 Å². The van der Waals surface area contributed by atoms with Crippen LogP contribution in [0.1, 0.15) is 56.0 Å². The molecule has 0 atom stereocenters. The van der Waals surface area contributed by atoms with Gasteiger partial charge in [0.05, 0.1) is 22.4 Å². The Balaban J connectivity index is 1.02. The molecule has 0 radical (unpaired) electrons. The number of hydrogen-bond acceptors (Lipinski definition) is 7.